The zero-order valence-electron chi connectivity index (χ0n) is 11.7. The van der Waals surface area contributed by atoms with Gasteiger partial charge in [-0.2, -0.15) is 12.7 Å². The molecule has 0 aromatic heterocycles. The summed E-state index contributed by atoms with van der Waals surface area (Å²) in [4.78, 5) is 11.0. The summed E-state index contributed by atoms with van der Waals surface area (Å²) in [6.07, 6.45) is 0.679. The molecule has 19 heavy (non-hydrogen) atoms. The predicted octanol–water partition coefficient (Wildman–Crippen LogP) is 0.297. The Balaban J connectivity index is 2.69. The van der Waals surface area contributed by atoms with Crippen molar-refractivity contribution in [2.24, 2.45) is 5.92 Å². The van der Waals surface area contributed by atoms with Crippen molar-refractivity contribution in [3.05, 3.63) is 0 Å². The van der Waals surface area contributed by atoms with E-state index in [9.17, 15) is 13.2 Å². The number of ether oxygens (including phenoxy) is 1. The molecule has 0 spiro atoms. The van der Waals surface area contributed by atoms with Crippen LogP contribution < -0.4 is 10.0 Å². The molecule has 1 amide bonds. The zero-order chi connectivity index (χ0) is 14.5. The third kappa shape index (κ3) is 4.32. The molecule has 7 nitrogen and oxygen atoms in total. The van der Waals surface area contributed by atoms with Crippen molar-refractivity contribution in [3.63, 3.8) is 0 Å². The monoisotopic (exact) mass is 293 g/mol. The molecule has 0 aromatic carbocycles. The Labute approximate surface area is 114 Å². The van der Waals surface area contributed by atoms with Crippen LogP contribution in [-0.2, 0) is 14.9 Å². The quantitative estimate of drug-likeness (QED) is 0.761. The van der Waals surface area contributed by atoms with Crippen LogP contribution in [0.3, 0.4) is 0 Å². The summed E-state index contributed by atoms with van der Waals surface area (Å²) in [5.74, 6) is 0.253. The Kier molecular flexibility index (Phi) is 6.02. The molecule has 0 radical (unpaired) electrons. The normalized spacial score (nSPS) is 25.0. The molecule has 2 N–H and O–H groups in total. The van der Waals surface area contributed by atoms with E-state index in [-0.39, 0.29) is 5.92 Å². The van der Waals surface area contributed by atoms with Gasteiger partial charge in [-0.3, -0.25) is 0 Å². The van der Waals surface area contributed by atoms with E-state index in [1.54, 1.807) is 0 Å². The molecule has 1 aliphatic rings. The molecular weight excluding hydrogens is 270 g/mol. The second-order valence-electron chi connectivity index (χ2n) is 4.58. The van der Waals surface area contributed by atoms with Crippen LogP contribution in [0, 0.1) is 5.92 Å². The van der Waals surface area contributed by atoms with Crippen LogP contribution in [0.15, 0.2) is 0 Å². The van der Waals surface area contributed by atoms with Crippen LogP contribution in [0.25, 0.3) is 0 Å². The molecule has 1 saturated heterocycles. The minimum absolute atomic E-state index is 0.253. The Morgan fingerprint density at radius 2 is 2.11 bits per heavy atom. The molecule has 1 heterocycles. The molecule has 112 valence electrons. The first-order valence-corrected chi connectivity index (χ1v) is 7.97. The van der Waals surface area contributed by atoms with Gasteiger partial charge in [0.15, 0.2) is 0 Å². The molecule has 1 rings (SSSR count). The fraction of sp³-hybridized carbons (Fsp3) is 0.909. The number of carbonyl (C=O) groups is 1. The van der Waals surface area contributed by atoms with Gasteiger partial charge in [-0.25, -0.2) is 9.52 Å². The minimum atomic E-state index is -3.80. The van der Waals surface area contributed by atoms with Gasteiger partial charge in [0.05, 0.1) is 7.11 Å². The summed E-state index contributed by atoms with van der Waals surface area (Å²) < 4.78 is 31.5. The number of nitrogens with one attached hydrogen (secondary N) is 2. The van der Waals surface area contributed by atoms with Crippen molar-refractivity contribution in [3.8, 4) is 0 Å². The number of hydrogen-bond donors (Lipinski definition) is 2. The lowest BCUT2D eigenvalue weighted by atomic mass is 9.91. The molecule has 1 fully saturated rings. The van der Waals surface area contributed by atoms with E-state index >= 15 is 0 Å². The summed E-state index contributed by atoms with van der Waals surface area (Å²) in [6.45, 7) is 5.77. The lowest BCUT2D eigenvalue weighted by molar-refractivity contribution is 0.174. The number of nitrogens with zero attached hydrogens (tertiary/aromatic N) is 1. The third-order valence-corrected chi connectivity index (χ3v) is 4.86. The zero-order valence-corrected chi connectivity index (χ0v) is 12.5. The van der Waals surface area contributed by atoms with E-state index in [2.05, 4.69) is 10.1 Å². The van der Waals surface area contributed by atoms with Gasteiger partial charge in [0, 0.05) is 19.1 Å². The van der Waals surface area contributed by atoms with E-state index in [1.165, 1.54) is 4.31 Å². The van der Waals surface area contributed by atoms with Gasteiger partial charge < -0.3 is 10.1 Å². The van der Waals surface area contributed by atoms with Gasteiger partial charge >= 0.3 is 16.3 Å². The maximum absolute atomic E-state index is 12.0. The standard InChI is InChI=1S/C11H23N3O4S/c1-4-9-8-14(7-6-10(9)12-5-2)19(16,17)13-11(15)18-3/h9-10,12H,4-8H2,1-3H3,(H,13,15). The van der Waals surface area contributed by atoms with Gasteiger partial charge in [-0.1, -0.05) is 20.3 Å². The lowest BCUT2D eigenvalue weighted by Gasteiger charge is -2.37. The van der Waals surface area contributed by atoms with Crippen molar-refractivity contribution in [1.29, 1.82) is 0 Å². The highest BCUT2D eigenvalue weighted by molar-refractivity contribution is 7.87. The summed E-state index contributed by atoms with van der Waals surface area (Å²) in [7, 11) is -2.66. The van der Waals surface area contributed by atoms with Crippen molar-refractivity contribution in [2.75, 3.05) is 26.7 Å². The second kappa shape index (κ2) is 7.06. The van der Waals surface area contributed by atoms with Crippen LogP contribution in [0.1, 0.15) is 26.7 Å². The Morgan fingerprint density at radius 3 is 2.63 bits per heavy atom. The summed E-state index contributed by atoms with van der Waals surface area (Å²) in [5, 5.41) is 3.38. The summed E-state index contributed by atoms with van der Waals surface area (Å²) in [6, 6.07) is 0.333. The van der Waals surface area contributed by atoms with Gasteiger partial charge in [0.2, 0.25) is 0 Å². The first kappa shape index (κ1) is 16.2. The van der Waals surface area contributed by atoms with E-state index in [4.69, 9.17) is 0 Å². The average molecular weight is 293 g/mol. The number of hydrogen-bond acceptors (Lipinski definition) is 5. The maximum atomic E-state index is 12.0. The van der Waals surface area contributed by atoms with E-state index in [0.29, 0.717) is 19.1 Å². The Bertz CT molecular complexity index is 399. The third-order valence-electron chi connectivity index (χ3n) is 3.42. The predicted molar refractivity (Wildman–Crippen MR) is 71.9 cm³/mol. The van der Waals surface area contributed by atoms with Crippen LogP contribution >= 0.6 is 0 Å². The first-order valence-electron chi connectivity index (χ1n) is 6.53. The van der Waals surface area contributed by atoms with Crippen LogP contribution in [0.4, 0.5) is 4.79 Å². The van der Waals surface area contributed by atoms with E-state index in [1.807, 2.05) is 18.6 Å². The maximum Gasteiger partial charge on any atom is 0.421 e. The molecule has 2 unspecified atom stereocenters. The van der Waals surface area contributed by atoms with Gasteiger partial charge in [0.25, 0.3) is 0 Å². The molecule has 0 saturated carbocycles. The number of piperidine rings is 1. The van der Waals surface area contributed by atoms with Gasteiger partial charge in [0.1, 0.15) is 0 Å². The molecule has 2 atom stereocenters. The molecule has 0 aromatic rings. The van der Waals surface area contributed by atoms with E-state index in [0.717, 1.165) is 26.5 Å². The van der Waals surface area contributed by atoms with Gasteiger partial charge in [-0.05, 0) is 18.9 Å². The Morgan fingerprint density at radius 1 is 1.42 bits per heavy atom. The SMILES string of the molecule is CCNC1CCN(S(=O)(=O)NC(=O)OC)CC1CC. The molecule has 8 heteroatoms. The fourth-order valence-electron chi connectivity index (χ4n) is 2.37. The Hall–Kier alpha value is -0.860. The highest BCUT2D eigenvalue weighted by Crippen LogP contribution is 2.21. The molecule has 0 bridgehead atoms. The number of carbonyl (C=O) groups excluding carboxylic acids is 1. The largest absolute Gasteiger partial charge is 0.452 e. The van der Waals surface area contributed by atoms with Gasteiger partial charge in [-0.15, -0.1) is 0 Å². The number of rotatable bonds is 5. The number of methoxy groups -OCH3 is 1. The van der Waals surface area contributed by atoms with E-state index < -0.39 is 16.3 Å². The minimum Gasteiger partial charge on any atom is -0.452 e. The van der Waals surface area contributed by atoms with Crippen molar-refractivity contribution >= 4 is 16.3 Å². The van der Waals surface area contributed by atoms with Crippen molar-refractivity contribution in [1.82, 2.24) is 14.3 Å². The van der Waals surface area contributed by atoms with Crippen molar-refractivity contribution in [2.45, 2.75) is 32.7 Å². The number of amides is 1. The highest BCUT2D eigenvalue weighted by Gasteiger charge is 2.34. The summed E-state index contributed by atoms with van der Waals surface area (Å²) >= 11 is 0. The van der Waals surface area contributed by atoms with Crippen LogP contribution in [-0.4, -0.2) is 51.6 Å². The molecule has 0 aliphatic carbocycles. The topological polar surface area (TPSA) is 87.7 Å². The second-order valence-corrected chi connectivity index (χ2v) is 6.25. The summed E-state index contributed by atoms with van der Waals surface area (Å²) in [5.41, 5.74) is 0. The molecular formula is C11H23N3O4S. The average Bonchev–Trinajstić information content (AvgIpc) is 2.38. The lowest BCUT2D eigenvalue weighted by Crippen LogP contribution is -2.54. The highest BCUT2D eigenvalue weighted by atomic mass is 32.2. The first-order chi connectivity index (χ1) is 8.94. The van der Waals surface area contributed by atoms with Crippen LogP contribution in [0.5, 0.6) is 0 Å². The molecule has 1 aliphatic heterocycles. The smallest absolute Gasteiger partial charge is 0.421 e. The van der Waals surface area contributed by atoms with Crippen LogP contribution in [0.2, 0.25) is 0 Å². The fourth-order valence-corrected chi connectivity index (χ4v) is 3.53. The van der Waals surface area contributed by atoms with Crippen molar-refractivity contribution < 1.29 is 17.9 Å².